The summed E-state index contributed by atoms with van der Waals surface area (Å²) in [5.41, 5.74) is -1.96. The first-order chi connectivity index (χ1) is 19.2. The second-order valence-corrected chi connectivity index (χ2v) is 11.7. The first-order valence-corrected chi connectivity index (χ1v) is 14.0. The Morgan fingerprint density at radius 3 is 2.29 bits per heavy atom. The minimum atomic E-state index is -4.68. The molecule has 3 aromatic rings. The van der Waals surface area contributed by atoms with E-state index in [2.05, 4.69) is 5.32 Å². The van der Waals surface area contributed by atoms with Crippen molar-refractivity contribution in [1.82, 2.24) is 9.88 Å². The van der Waals surface area contributed by atoms with Crippen molar-refractivity contribution >= 4 is 21.7 Å². The number of amides is 1. The zero-order valence-corrected chi connectivity index (χ0v) is 23.6. The third-order valence-corrected chi connectivity index (χ3v) is 8.22. The topological polar surface area (TPSA) is 121 Å². The van der Waals surface area contributed by atoms with Gasteiger partial charge in [-0.25, -0.2) is 13.2 Å². The summed E-state index contributed by atoms with van der Waals surface area (Å²) in [5.74, 6) is -1.68. The van der Waals surface area contributed by atoms with Crippen molar-refractivity contribution in [1.29, 1.82) is 0 Å². The highest BCUT2D eigenvalue weighted by Crippen LogP contribution is 2.31. The molecule has 0 unspecified atom stereocenters. The van der Waals surface area contributed by atoms with E-state index in [9.17, 15) is 36.0 Å². The molecule has 13 heteroatoms. The Bertz CT molecular complexity index is 1600. The van der Waals surface area contributed by atoms with Crippen LogP contribution in [0.4, 0.5) is 13.2 Å². The van der Waals surface area contributed by atoms with Gasteiger partial charge in [0.05, 0.1) is 28.0 Å². The second kappa shape index (κ2) is 12.6. The molecule has 0 fully saturated rings. The number of rotatable bonds is 10. The van der Waals surface area contributed by atoms with Crippen molar-refractivity contribution in [2.75, 3.05) is 13.2 Å². The van der Waals surface area contributed by atoms with E-state index in [0.717, 1.165) is 28.8 Å². The van der Waals surface area contributed by atoms with E-state index >= 15 is 0 Å². The van der Waals surface area contributed by atoms with E-state index in [1.54, 1.807) is 20.8 Å². The average molecular weight is 595 g/mol. The van der Waals surface area contributed by atoms with E-state index in [-0.39, 0.29) is 35.2 Å². The van der Waals surface area contributed by atoms with Crippen LogP contribution in [0, 0.1) is 6.92 Å². The smallest absolute Gasteiger partial charge is 0.416 e. The van der Waals surface area contributed by atoms with Gasteiger partial charge in [0.1, 0.15) is 11.3 Å². The number of carbonyl (C=O) groups excluding carboxylic acids is 2. The van der Waals surface area contributed by atoms with Crippen LogP contribution >= 0.6 is 0 Å². The maximum Gasteiger partial charge on any atom is 0.416 e. The summed E-state index contributed by atoms with van der Waals surface area (Å²) in [6.45, 7) is 5.54. The Morgan fingerprint density at radius 1 is 1.05 bits per heavy atom. The van der Waals surface area contributed by atoms with E-state index in [0.29, 0.717) is 5.56 Å². The minimum Gasteiger partial charge on any atom is -0.480 e. The van der Waals surface area contributed by atoms with Gasteiger partial charge in [-0.2, -0.15) is 13.2 Å². The van der Waals surface area contributed by atoms with Crippen molar-refractivity contribution in [3.05, 3.63) is 87.3 Å². The van der Waals surface area contributed by atoms with Gasteiger partial charge in [0.25, 0.3) is 11.5 Å². The van der Waals surface area contributed by atoms with Crippen LogP contribution in [0.25, 0.3) is 5.69 Å². The van der Waals surface area contributed by atoms with Crippen molar-refractivity contribution < 1.29 is 40.7 Å². The quantitative estimate of drug-likeness (QED) is 0.349. The Balaban J connectivity index is 1.99. The summed E-state index contributed by atoms with van der Waals surface area (Å²) in [7, 11) is -3.49. The summed E-state index contributed by atoms with van der Waals surface area (Å²) in [5, 5.41) is 1.94. The summed E-state index contributed by atoms with van der Waals surface area (Å²) in [6.07, 6.45) is -4.68. The van der Waals surface area contributed by atoms with Gasteiger partial charge in [-0.15, -0.1) is 0 Å². The molecule has 0 atom stereocenters. The lowest BCUT2D eigenvalue weighted by Crippen LogP contribution is -2.33. The van der Waals surface area contributed by atoms with Crippen LogP contribution in [0.3, 0.4) is 0 Å². The van der Waals surface area contributed by atoms with Crippen LogP contribution in [-0.2, 0) is 32.1 Å². The fourth-order valence-corrected chi connectivity index (χ4v) is 4.87. The number of hydrogen-bond donors (Lipinski definition) is 1. The van der Waals surface area contributed by atoms with Gasteiger partial charge in [0, 0.05) is 18.3 Å². The number of pyridine rings is 1. The molecule has 0 saturated carbocycles. The third kappa shape index (κ3) is 7.34. The standard InChI is InChI=1S/C28H29F3N2O7S/c1-5-39-25(34)16-40-24-14-23(26(35)32-15-19-9-11-22(12-10-19)41(37,38)17(2)3)27(36)33(18(24)4)21-8-6-7-20(13-21)28(29,30)31/h6-14,17H,5,15-16H2,1-4H3,(H,32,35). The molecular weight excluding hydrogens is 565 g/mol. The molecule has 0 aliphatic carbocycles. The molecule has 1 N–H and O–H groups in total. The number of ether oxygens (including phenoxy) is 2. The number of sulfone groups is 1. The number of carbonyl (C=O) groups is 2. The zero-order chi connectivity index (χ0) is 30.5. The number of nitrogens with one attached hydrogen (secondary N) is 1. The highest BCUT2D eigenvalue weighted by Gasteiger charge is 2.31. The number of nitrogens with zero attached hydrogens (tertiary/aromatic N) is 1. The van der Waals surface area contributed by atoms with Crippen molar-refractivity contribution in [3.63, 3.8) is 0 Å². The molecule has 0 spiro atoms. The highest BCUT2D eigenvalue weighted by molar-refractivity contribution is 7.92. The number of aromatic nitrogens is 1. The molecular formula is C28H29F3N2O7S. The fourth-order valence-electron chi connectivity index (χ4n) is 3.81. The molecule has 0 bridgehead atoms. The molecule has 0 saturated heterocycles. The highest BCUT2D eigenvalue weighted by atomic mass is 32.2. The predicted molar refractivity (Wildman–Crippen MR) is 144 cm³/mol. The van der Waals surface area contributed by atoms with Gasteiger partial charge in [0.15, 0.2) is 16.4 Å². The molecule has 41 heavy (non-hydrogen) atoms. The van der Waals surface area contributed by atoms with Crippen LogP contribution in [0.1, 0.15) is 48.0 Å². The zero-order valence-electron chi connectivity index (χ0n) is 22.7. The van der Waals surface area contributed by atoms with Crippen LogP contribution in [0.5, 0.6) is 5.75 Å². The van der Waals surface area contributed by atoms with E-state index < -0.39 is 56.4 Å². The van der Waals surface area contributed by atoms with Gasteiger partial charge in [0.2, 0.25) is 0 Å². The lowest BCUT2D eigenvalue weighted by molar-refractivity contribution is -0.145. The summed E-state index contributed by atoms with van der Waals surface area (Å²) < 4.78 is 76.0. The van der Waals surface area contributed by atoms with E-state index in [4.69, 9.17) is 9.47 Å². The van der Waals surface area contributed by atoms with Crippen LogP contribution in [-0.4, -0.2) is 43.3 Å². The molecule has 1 amide bonds. The second-order valence-electron chi connectivity index (χ2n) is 9.21. The SMILES string of the molecule is CCOC(=O)COc1cc(C(=O)NCc2ccc(S(=O)(=O)C(C)C)cc2)c(=O)n(-c2cccc(C(F)(F)F)c2)c1C. The van der Waals surface area contributed by atoms with Gasteiger partial charge in [-0.1, -0.05) is 18.2 Å². The number of halogens is 3. The van der Waals surface area contributed by atoms with Crippen molar-refractivity contribution in [3.8, 4) is 11.4 Å². The maximum absolute atomic E-state index is 13.4. The maximum atomic E-state index is 13.4. The van der Waals surface area contributed by atoms with Crippen LogP contribution < -0.4 is 15.6 Å². The molecule has 1 aromatic heterocycles. The Hall–Kier alpha value is -4.13. The first kappa shape index (κ1) is 31.4. The molecule has 0 aliphatic rings. The largest absolute Gasteiger partial charge is 0.480 e. The number of esters is 1. The molecule has 220 valence electrons. The minimum absolute atomic E-state index is 0.0529. The van der Waals surface area contributed by atoms with Gasteiger partial charge >= 0.3 is 12.1 Å². The van der Waals surface area contributed by atoms with E-state index in [1.165, 1.54) is 37.3 Å². The van der Waals surface area contributed by atoms with Crippen LogP contribution in [0.15, 0.2) is 64.3 Å². The van der Waals surface area contributed by atoms with E-state index in [1.807, 2.05) is 0 Å². The van der Waals surface area contributed by atoms with Crippen molar-refractivity contribution in [2.24, 2.45) is 0 Å². The number of alkyl halides is 3. The Labute approximate surface area is 234 Å². The Kier molecular flexibility index (Phi) is 9.64. The predicted octanol–water partition coefficient (Wildman–Crippen LogP) is 4.22. The molecule has 2 aromatic carbocycles. The monoisotopic (exact) mass is 594 g/mol. The molecule has 1 heterocycles. The fraction of sp³-hybridized carbons (Fsp3) is 0.321. The van der Waals surface area contributed by atoms with Gasteiger partial charge in [-0.3, -0.25) is 14.2 Å². The first-order valence-electron chi connectivity index (χ1n) is 12.5. The number of benzene rings is 2. The van der Waals surface area contributed by atoms with Gasteiger partial charge in [-0.05, 0) is 63.6 Å². The van der Waals surface area contributed by atoms with Crippen LogP contribution in [0.2, 0.25) is 0 Å². The average Bonchev–Trinajstić information content (AvgIpc) is 2.91. The lowest BCUT2D eigenvalue weighted by Gasteiger charge is -2.18. The normalized spacial score (nSPS) is 11.8. The van der Waals surface area contributed by atoms with Crippen molar-refractivity contribution in [2.45, 2.75) is 50.6 Å². The summed E-state index contributed by atoms with van der Waals surface area (Å²) >= 11 is 0. The molecule has 9 nitrogen and oxygen atoms in total. The summed E-state index contributed by atoms with van der Waals surface area (Å²) in [4.78, 5) is 38.5. The lowest BCUT2D eigenvalue weighted by atomic mass is 10.1. The molecule has 0 aliphatic heterocycles. The molecule has 0 radical (unpaired) electrons. The number of hydrogen-bond acceptors (Lipinski definition) is 7. The van der Waals surface area contributed by atoms with Gasteiger partial charge < -0.3 is 14.8 Å². The Morgan fingerprint density at radius 2 is 1.71 bits per heavy atom. The molecule has 3 rings (SSSR count). The summed E-state index contributed by atoms with van der Waals surface area (Å²) in [6, 6.07) is 10.9. The third-order valence-electron chi connectivity index (χ3n) is 6.05.